The average Bonchev–Trinajstić information content (AvgIpc) is 2.23. The van der Waals surface area contributed by atoms with Crippen molar-refractivity contribution in [2.24, 2.45) is 5.73 Å². The quantitative estimate of drug-likeness (QED) is 0.741. The van der Waals surface area contributed by atoms with Crippen LogP contribution in [0.4, 0.5) is 0 Å². The number of rotatable bonds is 2. The zero-order valence-corrected chi connectivity index (χ0v) is 7.68. The molecule has 0 radical (unpaired) electrons. The van der Waals surface area contributed by atoms with E-state index in [4.69, 9.17) is 5.73 Å². The lowest BCUT2D eigenvalue weighted by Crippen LogP contribution is -2.16. The van der Waals surface area contributed by atoms with E-state index < -0.39 is 0 Å². The highest BCUT2D eigenvalue weighted by Crippen LogP contribution is 2.07. The molecule has 0 saturated heterocycles. The molecule has 2 rings (SSSR count). The van der Waals surface area contributed by atoms with Gasteiger partial charge in [-0.2, -0.15) is 4.98 Å². The van der Waals surface area contributed by atoms with Crippen molar-refractivity contribution in [3.8, 4) is 0 Å². The number of para-hydroxylation sites is 1. The fourth-order valence-corrected chi connectivity index (χ4v) is 1.48. The molecular weight excluding hydrogens is 178 g/mol. The van der Waals surface area contributed by atoms with Crippen molar-refractivity contribution in [3.05, 3.63) is 40.9 Å². The van der Waals surface area contributed by atoms with Gasteiger partial charge < -0.3 is 10.3 Å². The molecule has 2 N–H and O–H groups in total. The van der Waals surface area contributed by atoms with Crippen LogP contribution in [0.5, 0.6) is 0 Å². The predicted octanol–water partition coefficient (Wildman–Crippen LogP) is 0.355. The molecule has 0 bridgehead atoms. The van der Waals surface area contributed by atoms with Crippen LogP contribution in [0.3, 0.4) is 0 Å². The van der Waals surface area contributed by atoms with E-state index in [1.807, 2.05) is 22.8 Å². The minimum atomic E-state index is -0.186. The Kier molecular flexibility index (Phi) is 2.28. The third-order valence-corrected chi connectivity index (χ3v) is 2.13. The molecule has 0 atom stereocenters. The Balaban J connectivity index is 2.75. The number of hydrogen-bond acceptors (Lipinski definition) is 3. The van der Waals surface area contributed by atoms with Gasteiger partial charge >= 0.3 is 0 Å². The number of fused-ring (bicyclic) bond motifs is 1. The summed E-state index contributed by atoms with van der Waals surface area (Å²) in [5.41, 5.74) is 6.16. The van der Waals surface area contributed by atoms with Crippen LogP contribution in [0, 0.1) is 0 Å². The fraction of sp³-hybridized carbons (Fsp3) is 0.200. The van der Waals surface area contributed by atoms with Crippen LogP contribution in [0.2, 0.25) is 0 Å². The molecule has 4 heteroatoms. The van der Waals surface area contributed by atoms with Crippen LogP contribution in [0.1, 0.15) is 0 Å². The monoisotopic (exact) mass is 189 g/mol. The molecule has 2 aromatic rings. The molecule has 0 aliphatic rings. The normalized spacial score (nSPS) is 10.6. The Bertz CT molecular complexity index is 504. The van der Waals surface area contributed by atoms with Gasteiger partial charge in [-0.05, 0) is 12.1 Å². The first-order valence-electron chi connectivity index (χ1n) is 4.47. The average molecular weight is 189 g/mol. The number of hydrogen-bond donors (Lipinski definition) is 1. The first-order chi connectivity index (χ1) is 6.83. The Morgan fingerprint density at radius 3 is 2.93 bits per heavy atom. The molecule has 1 aromatic heterocycles. The lowest BCUT2D eigenvalue weighted by atomic mass is 10.2. The summed E-state index contributed by atoms with van der Waals surface area (Å²) >= 11 is 0. The Morgan fingerprint density at radius 1 is 1.36 bits per heavy atom. The van der Waals surface area contributed by atoms with Crippen LogP contribution >= 0.6 is 0 Å². The summed E-state index contributed by atoms with van der Waals surface area (Å²) in [7, 11) is 0. The van der Waals surface area contributed by atoms with Gasteiger partial charge in [0.1, 0.15) is 0 Å². The maximum Gasteiger partial charge on any atom is 0.280 e. The van der Waals surface area contributed by atoms with E-state index in [9.17, 15) is 4.79 Å². The smallest absolute Gasteiger partial charge is 0.280 e. The molecule has 0 unspecified atom stereocenters. The molecule has 0 saturated carbocycles. The van der Waals surface area contributed by atoms with Crippen molar-refractivity contribution in [1.29, 1.82) is 0 Å². The number of aromatic nitrogens is 2. The second-order valence-electron chi connectivity index (χ2n) is 3.05. The topological polar surface area (TPSA) is 60.9 Å². The van der Waals surface area contributed by atoms with E-state index in [0.29, 0.717) is 18.5 Å². The van der Waals surface area contributed by atoms with Crippen molar-refractivity contribution in [2.45, 2.75) is 6.54 Å². The van der Waals surface area contributed by atoms with E-state index in [-0.39, 0.29) is 5.56 Å². The van der Waals surface area contributed by atoms with Crippen LogP contribution in [0.25, 0.3) is 10.9 Å². The molecule has 0 amide bonds. The summed E-state index contributed by atoms with van der Waals surface area (Å²) in [6.45, 7) is 1.21. The van der Waals surface area contributed by atoms with Crippen LogP contribution in [0.15, 0.2) is 35.4 Å². The third kappa shape index (κ3) is 1.40. The minimum absolute atomic E-state index is 0.186. The highest BCUT2D eigenvalue weighted by atomic mass is 16.1. The van der Waals surface area contributed by atoms with Gasteiger partial charge in [-0.1, -0.05) is 12.1 Å². The number of nitrogens with two attached hydrogens (primary N) is 1. The second-order valence-corrected chi connectivity index (χ2v) is 3.05. The van der Waals surface area contributed by atoms with Gasteiger partial charge in [0.15, 0.2) is 0 Å². The first-order valence-corrected chi connectivity index (χ1v) is 4.47. The zero-order chi connectivity index (χ0) is 9.97. The lowest BCUT2D eigenvalue weighted by Gasteiger charge is -2.07. The molecule has 0 aliphatic heterocycles. The van der Waals surface area contributed by atoms with Gasteiger partial charge in [-0.25, -0.2) is 0 Å². The number of nitrogens with zero attached hydrogens (tertiary/aromatic N) is 2. The van der Waals surface area contributed by atoms with E-state index >= 15 is 0 Å². The van der Waals surface area contributed by atoms with E-state index in [0.717, 1.165) is 5.52 Å². The summed E-state index contributed by atoms with van der Waals surface area (Å²) in [6.07, 6.45) is 1.54. The van der Waals surface area contributed by atoms with Crippen LogP contribution in [-0.2, 0) is 6.54 Å². The third-order valence-electron chi connectivity index (χ3n) is 2.13. The first kappa shape index (κ1) is 8.90. The van der Waals surface area contributed by atoms with Gasteiger partial charge in [0.05, 0.1) is 17.2 Å². The summed E-state index contributed by atoms with van der Waals surface area (Å²) in [4.78, 5) is 15.2. The van der Waals surface area contributed by atoms with E-state index in [1.165, 1.54) is 6.33 Å². The Hall–Kier alpha value is -1.68. The maximum absolute atomic E-state index is 11.4. The summed E-state index contributed by atoms with van der Waals surface area (Å²) in [6, 6.07) is 7.40. The van der Waals surface area contributed by atoms with E-state index in [1.54, 1.807) is 6.07 Å². The van der Waals surface area contributed by atoms with Crippen molar-refractivity contribution >= 4 is 10.9 Å². The molecule has 0 spiro atoms. The number of benzene rings is 1. The molecule has 14 heavy (non-hydrogen) atoms. The summed E-state index contributed by atoms with van der Waals surface area (Å²) < 4.78 is 1.89. The molecule has 1 heterocycles. The van der Waals surface area contributed by atoms with Gasteiger partial charge in [-0.3, -0.25) is 4.79 Å². The second kappa shape index (κ2) is 3.59. The molecular formula is C10H11N3O. The highest BCUT2D eigenvalue weighted by Gasteiger charge is 2.00. The lowest BCUT2D eigenvalue weighted by molar-refractivity contribution is 0.712. The van der Waals surface area contributed by atoms with Crippen LogP contribution in [-0.4, -0.2) is 16.1 Å². The SMILES string of the molecule is NCCn1cnc(=O)c2ccccc21. The summed E-state index contributed by atoms with van der Waals surface area (Å²) in [5, 5.41) is 0.642. The van der Waals surface area contributed by atoms with Crippen molar-refractivity contribution in [3.63, 3.8) is 0 Å². The minimum Gasteiger partial charge on any atom is -0.330 e. The van der Waals surface area contributed by atoms with Gasteiger partial charge in [-0.15, -0.1) is 0 Å². The molecule has 0 fully saturated rings. The maximum atomic E-state index is 11.4. The zero-order valence-electron chi connectivity index (χ0n) is 7.68. The molecule has 0 aliphatic carbocycles. The Labute approximate surface area is 81.0 Å². The van der Waals surface area contributed by atoms with Crippen molar-refractivity contribution in [1.82, 2.24) is 9.55 Å². The van der Waals surface area contributed by atoms with Crippen LogP contribution < -0.4 is 11.3 Å². The largest absolute Gasteiger partial charge is 0.330 e. The predicted molar refractivity (Wildman–Crippen MR) is 55.1 cm³/mol. The summed E-state index contributed by atoms with van der Waals surface area (Å²) in [5.74, 6) is 0. The van der Waals surface area contributed by atoms with Gasteiger partial charge in [0.25, 0.3) is 5.56 Å². The van der Waals surface area contributed by atoms with Gasteiger partial charge in [0.2, 0.25) is 0 Å². The van der Waals surface area contributed by atoms with E-state index in [2.05, 4.69) is 4.98 Å². The molecule has 72 valence electrons. The fourth-order valence-electron chi connectivity index (χ4n) is 1.48. The van der Waals surface area contributed by atoms with Crippen molar-refractivity contribution < 1.29 is 0 Å². The Morgan fingerprint density at radius 2 is 2.14 bits per heavy atom. The molecule has 1 aromatic carbocycles. The highest BCUT2D eigenvalue weighted by molar-refractivity contribution is 5.77. The molecule has 4 nitrogen and oxygen atoms in total. The van der Waals surface area contributed by atoms with Crippen molar-refractivity contribution in [2.75, 3.05) is 6.54 Å². The van der Waals surface area contributed by atoms with Gasteiger partial charge in [0, 0.05) is 13.1 Å². The standard InChI is InChI=1S/C10H11N3O/c11-5-6-13-7-12-10(14)8-3-1-2-4-9(8)13/h1-4,7H,5-6,11H2.